The Morgan fingerprint density at radius 2 is 0.741 bits per heavy atom. The molecule has 1 atom stereocenters. The molecule has 0 amide bonds. The van der Waals surface area contributed by atoms with Gasteiger partial charge in [-0.15, -0.1) is 0 Å². The second-order valence-corrected chi connectivity index (χ2v) is 13.7. The summed E-state index contributed by atoms with van der Waals surface area (Å²) in [4.78, 5) is 24.3. The first-order valence-corrected chi connectivity index (χ1v) is 21.4. The Kier molecular flexibility index (Phi) is 41.2. The van der Waals surface area contributed by atoms with Gasteiger partial charge in [-0.05, 0) is 96.3 Å². The predicted molar refractivity (Wildman–Crippen MR) is 232 cm³/mol. The van der Waals surface area contributed by atoms with Crippen LogP contribution in [0.25, 0.3) is 0 Å². The van der Waals surface area contributed by atoms with Gasteiger partial charge in [-0.2, -0.15) is 0 Å². The molecule has 0 spiro atoms. The molecule has 0 aromatic carbocycles. The summed E-state index contributed by atoms with van der Waals surface area (Å²) in [6, 6.07) is 0. The number of ether oxygens (including phenoxy) is 2. The fourth-order valence-electron chi connectivity index (χ4n) is 5.39. The summed E-state index contributed by atoms with van der Waals surface area (Å²) in [7, 11) is 0. The minimum Gasteiger partial charge on any atom is -0.462 e. The van der Waals surface area contributed by atoms with Gasteiger partial charge in [0.2, 0.25) is 0 Å². The van der Waals surface area contributed by atoms with Gasteiger partial charge in [0, 0.05) is 12.8 Å². The molecule has 0 heterocycles. The van der Waals surface area contributed by atoms with E-state index in [0.29, 0.717) is 12.8 Å². The molecule has 1 unspecified atom stereocenters. The van der Waals surface area contributed by atoms with Gasteiger partial charge in [-0.25, -0.2) is 0 Å². The summed E-state index contributed by atoms with van der Waals surface area (Å²) in [5, 5.41) is 9.58. The van der Waals surface area contributed by atoms with Crippen LogP contribution in [-0.4, -0.2) is 36.4 Å². The maximum atomic E-state index is 12.2. The van der Waals surface area contributed by atoms with Crippen molar-refractivity contribution in [3.63, 3.8) is 0 Å². The van der Waals surface area contributed by atoms with E-state index in [9.17, 15) is 14.7 Å². The number of carbonyl (C=O) groups excluding carboxylic acids is 2. The van der Waals surface area contributed by atoms with Crippen LogP contribution in [0.15, 0.2) is 109 Å². The number of carbonyl (C=O) groups is 2. The molecule has 0 fully saturated rings. The van der Waals surface area contributed by atoms with Crippen molar-refractivity contribution in [2.45, 2.75) is 174 Å². The lowest BCUT2D eigenvalue weighted by Gasteiger charge is -2.15. The standard InChI is InChI=1S/C49H78O5/c1-3-5-7-9-11-13-15-17-19-21-23-24-26-28-30-32-34-36-38-40-42-44-49(52)54-47(45-50)46-53-48(51)43-41-39-37-35-33-31-29-27-25-22-20-18-16-14-12-10-8-6-4-2/h5-8,11-14,17-20,23-25,27-28,30,47,50H,3-4,9-10,15-16,21-22,26,29,31-46H2,1-2H3/b7-5-,8-6-,13-11-,14-12-,19-17-,20-18-,24-23-,27-25-,30-28-. The molecule has 1 N–H and O–H groups in total. The van der Waals surface area contributed by atoms with Gasteiger partial charge >= 0.3 is 11.9 Å². The Labute approximate surface area is 331 Å². The van der Waals surface area contributed by atoms with E-state index < -0.39 is 6.10 Å². The van der Waals surface area contributed by atoms with Gasteiger partial charge in [0.25, 0.3) is 0 Å². The Morgan fingerprint density at radius 1 is 0.426 bits per heavy atom. The molecule has 54 heavy (non-hydrogen) atoms. The molecule has 0 saturated heterocycles. The van der Waals surface area contributed by atoms with Crippen molar-refractivity contribution < 1.29 is 24.2 Å². The molecule has 0 rings (SSSR count). The Morgan fingerprint density at radius 3 is 1.11 bits per heavy atom. The van der Waals surface area contributed by atoms with Crippen molar-refractivity contribution in [3.05, 3.63) is 109 Å². The smallest absolute Gasteiger partial charge is 0.306 e. The molecular formula is C49H78O5. The third-order valence-electron chi connectivity index (χ3n) is 8.56. The van der Waals surface area contributed by atoms with Crippen LogP contribution in [0.1, 0.15) is 168 Å². The van der Waals surface area contributed by atoms with Gasteiger partial charge in [-0.1, -0.05) is 168 Å². The summed E-state index contributed by atoms with van der Waals surface area (Å²) < 4.78 is 10.6. The SMILES string of the molecule is CC/C=C\C/C=C\C/C=C\C/C=C\C/C=C\CCCCCCCC(=O)OC(CO)COC(=O)CCCCCCCC/C=C\C/C=C\C/C=C\C/C=C\CC. The van der Waals surface area contributed by atoms with Gasteiger partial charge in [0.1, 0.15) is 6.61 Å². The summed E-state index contributed by atoms with van der Waals surface area (Å²) >= 11 is 0. The lowest BCUT2D eigenvalue weighted by Crippen LogP contribution is -2.28. The zero-order valence-electron chi connectivity index (χ0n) is 34.4. The molecule has 0 aromatic rings. The Hall–Kier alpha value is -3.44. The van der Waals surface area contributed by atoms with Crippen molar-refractivity contribution in [1.29, 1.82) is 0 Å². The maximum Gasteiger partial charge on any atom is 0.306 e. The lowest BCUT2D eigenvalue weighted by atomic mass is 10.1. The summed E-state index contributed by atoms with van der Waals surface area (Å²) in [6.07, 6.45) is 62.9. The number of hydrogen-bond acceptors (Lipinski definition) is 5. The third kappa shape index (κ3) is 41.3. The predicted octanol–water partition coefficient (Wildman–Crippen LogP) is 13.8. The van der Waals surface area contributed by atoms with Crippen LogP contribution in [-0.2, 0) is 19.1 Å². The number of unbranched alkanes of at least 4 members (excludes halogenated alkanes) is 11. The van der Waals surface area contributed by atoms with Crippen molar-refractivity contribution >= 4 is 11.9 Å². The van der Waals surface area contributed by atoms with Gasteiger partial charge in [0.15, 0.2) is 6.10 Å². The number of esters is 2. The molecule has 0 aliphatic heterocycles. The highest BCUT2D eigenvalue weighted by molar-refractivity contribution is 5.70. The molecule has 5 nitrogen and oxygen atoms in total. The molecule has 0 aromatic heterocycles. The monoisotopic (exact) mass is 747 g/mol. The van der Waals surface area contributed by atoms with E-state index in [1.54, 1.807) is 0 Å². The van der Waals surface area contributed by atoms with Gasteiger partial charge < -0.3 is 14.6 Å². The highest BCUT2D eigenvalue weighted by Crippen LogP contribution is 2.12. The number of aliphatic hydroxyl groups excluding tert-OH is 1. The second kappa shape index (κ2) is 44.0. The van der Waals surface area contributed by atoms with Crippen LogP contribution in [0.4, 0.5) is 0 Å². The molecule has 0 bridgehead atoms. The van der Waals surface area contributed by atoms with E-state index in [2.05, 4.69) is 123 Å². The topological polar surface area (TPSA) is 72.8 Å². The van der Waals surface area contributed by atoms with E-state index in [1.165, 1.54) is 19.3 Å². The fraction of sp³-hybridized carbons (Fsp3) is 0.592. The van der Waals surface area contributed by atoms with Crippen molar-refractivity contribution in [1.82, 2.24) is 0 Å². The first-order valence-electron chi connectivity index (χ1n) is 21.4. The molecule has 0 radical (unpaired) electrons. The highest BCUT2D eigenvalue weighted by atomic mass is 16.6. The van der Waals surface area contributed by atoms with Crippen LogP contribution < -0.4 is 0 Å². The number of allylic oxidation sites excluding steroid dienone is 18. The van der Waals surface area contributed by atoms with Crippen LogP contribution in [0.2, 0.25) is 0 Å². The quantitative estimate of drug-likeness (QED) is 0.0389. The zero-order valence-corrected chi connectivity index (χ0v) is 34.4. The zero-order chi connectivity index (χ0) is 39.3. The normalized spacial score (nSPS) is 13.3. The first-order chi connectivity index (χ1) is 26.6. The van der Waals surface area contributed by atoms with E-state index in [0.717, 1.165) is 122 Å². The maximum absolute atomic E-state index is 12.2. The summed E-state index contributed by atoms with van der Waals surface area (Å²) in [5.74, 6) is -0.640. The van der Waals surface area contributed by atoms with E-state index >= 15 is 0 Å². The molecule has 0 saturated carbocycles. The number of aliphatic hydroxyl groups is 1. The van der Waals surface area contributed by atoms with E-state index in [4.69, 9.17) is 9.47 Å². The average molecular weight is 747 g/mol. The van der Waals surface area contributed by atoms with E-state index in [1.807, 2.05) is 0 Å². The minimum absolute atomic E-state index is 0.0891. The second-order valence-electron chi connectivity index (χ2n) is 13.7. The van der Waals surface area contributed by atoms with Crippen molar-refractivity contribution in [3.8, 4) is 0 Å². The number of hydrogen-bond donors (Lipinski definition) is 1. The molecular weight excluding hydrogens is 669 g/mol. The van der Waals surface area contributed by atoms with Gasteiger partial charge in [0.05, 0.1) is 6.61 Å². The third-order valence-corrected chi connectivity index (χ3v) is 8.56. The van der Waals surface area contributed by atoms with E-state index in [-0.39, 0.29) is 25.2 Å². The molecule has 0 aliphatic rings. The minimum atomic E-state index is -0.796. The largest absolute Gasteiger partial charge is 0.462 e. The Bertz CT molecular complexity index is 1120. The molecule has 0 aliphatic carbocycles. The van der Waals surface area contributed by atoms with Crippen molar-refractivity contribution in [2.75, 3.05) is 13.2 Å². The number of rotatable bonds is 37. The summed E-state index contributed by atoms with van der Waals surface area (Å²) in [5.41, 5.74) is 0. The average Bonchev–Trinajstić information content (AvgIpc) is 3.17. The Balaban J connectivity index is 3.66. The highest BCUT2D eigenvalue weighted by Gasteiger charge is 2.16. The molecule has 5 heteroatoms. The van der Waals surface area contributed by atoms with Gasteiger partial charge in [-0.3, -0.25) is 9.59 Å². The van der Waals surface area contributed by atoms with Crippen molar-refractivity contribution in [2.24, 2.45) is 0 Å². The lowest BCUT2D eigenvalue weighted by molar-refractivity contribution is -0.161. The first kappa shape index (κ1) is 50.6. The summed E-state index contributed by atoms with van der Waals surface area (Å²) in [6.45, 7) is 3.87. The van der Waals surface area contributed by atoms with Crippen LogP contribution in [0, 0.1) is 0 Å². The van der Waals surface area contributed by atoms with Crippen LogP contribution >= 0.6 is 0 Å². The van der Waals surface area contributed by atoms with Crippen LogP contribution in [0.5, 0.6) is 0 Å². The molecule has 304 valence electrons. The fourth-order valence-corrected chi connectivity index (χ4v) is 5.39. The van der Waals surface area contributed by atoms with Crippen LogP contribution in [0.3, 0.4) is 0 Å².